The standard InChI is InChI=1S/C7H15NO5S/c1-3-8(4-2)6(9)5-7(10)14(11,12)13/h7,10H,3-5H2,1-2H3,(H,11,12,13). The van der Waals surface area contributed by atoms with Crippen LogP contribution >= 0.6 is 0 Å². The van der Waals surface area contributed by atoms with Crippen LogP contribution in [0.1, 0.15) is 20.3 Å². The Labute approximate surface area is 83.3 Å². The Kier molecular flexibility index (Phi) is 5.03. The highest BCUT2D eigenvalue weighted by Crippen LogP contribution is 2.03. The molecule has 1 amide bonds. The second-order valence-electron chi connectivity index (χ2n) is 2.74. The fourth-order valence-corrected chi connectivity index (χ4v) is 1.31. The molecule has 0 aliphatic heterocycles. The zero-order valence-corrected chi connectivity index (χ0v) is 8.99. The summed E-state index contributed by atoms with van der Waals surface area (Å²) in [6.07, 6.45) is -0.611. The zero-order chi connectivity index (χ0) is 11.4. The smallest absolute Gasteiger partial charge is 0.292 e. The van der Waals surface area contributed by atoms with Gasteiger partial charge in [0, 0.05) is 13.1 Å². The third-order valence-electron chi connectivity index (χ3n) is 1.81. The number of nitrogens with zero attached hydrogens (tertiary/aromatic N) is 1. The van der Waals surface area contributed by atoms with E-state index in [4.69, 9.17) is 9.66 Å². The van der Waals surface area contributed by atoms with Crippen LogP contribution in [0.3, 0.4) is 0 Å². The first kappa shape index (κ1) is 13.3. The van der Waals surface area contributed by atoms with Gasteiger partial charge in [0.25, 0.3) is 10.1 Å². The van der Waals surface area contributed by atoms with Crippen molar-refractivity contribution in [2.75, 3.05) is 13.1 Å². The predicted molar refractivity (Wildman–Crippen MR) is 50.1 cm³/mol. The first-order chi connectivity index (χ1) is 6.32. The monoisotopic (exact) mass is 225 g/mol. The van der Waals surface area contributed by atoms with Gasteiger partial charge in [0.1, 0.15) is 0 Å². The second-order valence-corrected chi connectivity index (χ2v) is 4.31. The SMILES string of the molecule is CCN(CC)C(=O)CC(O)S(=O)(=O)O. The largest absolute Gasteiger partial charge is 0.375 e. The summed E-state index contributed by atoms with van der Waals surface area (Å²) in [7, 11) is -4.54. The summed E-state index contributed by atoms with van der Waals surface area (Å²) < 4.78 is 29.2. The van der Waals surface area contributed by atoms with Crippen molar-refractivity contribution in [2.24, 2.45) is 0 Å². The van der Waals surface area contributed by atoms with Gasteiger partial charge >= 0.3 is 0 Å². The Morgan fingerprint density at radius 2 is 1.79 bits per heavy atom. The lowest BCUT2D eigenvalue weighted by molar-refractivity contribution is -0.132. The van der Waals surface area contributed by atoms with E-state index in [1.165, 1.54) is 4.90 Å². The van der Waals surface area contributed by atoms with Gasteiger partial charge in [-0.1, -0.05) is 0 Å². The molecule has 0 aromatic rings. The maximum Gasteiger partial charge on any atom is 0.292 e. The van der Waals surface area contributed by atoms with Crippen LogP contribution in [0.2, 0.25) is 0 Å². The summed E-state index contributed by atoms with van der Waals surface area (Å²) in [6.45, 7) is 4.35. The van der Waals surface area contributed by atoms with Crippen molar-refractivity contribution >= 4 is 16.0 Å². The van der Waals surface area contributed by atoms with Crippen molar-refractivity contribution in [3.8, 4) is 0 Å². The fourth-order valence-electron chi connectivity index (χ4n) is 0.960. The number of amides is 1. The van der Waals surface area contributed by atoms with Gasteiger partial charge in [-0.15, -0.1) is 0 Å². The van der Waals surface area contributed by atoms with Crippen LogP contribution in [0, 0.1) is 0 Å². The molecule has 0 rings (SSSR count). The van der Waals surface area contributed by atoms with Gasteiger partial charge in [-0.05, 0) is 13.8 Å². The first-order valence-electron chi connectivity index (χ1n) is 4.25. The molecule has 0 saturated heterocycles. The van der Waals surface area contributed by atoms with Crippen LogP contribution < -0.4 is 0 Å². The first-order valence-corrected chi connectivity index (χ1v) is 5.75. The van der Waals surface area contributed by atoms with Crippen molar-refractivity contribution in [1.29, 1.82) is 0 Å². The molecule has 14 heavy (non-hydrogen) atoms. The Hall–Kier alpha value is -0.660. The van der Waals surface area contributed by atoms with E-state index < -0.39 is 27.9 Å². The molecule has 0 aliphatic rings. The lowest BCUT2D eigenvalue weighted by atomic mass is 10.3. The number of aliphatic hydroxyl groups is 1. The van der Waals surface area contributed by atoms with E-state index >= 15 is 0 Å². The van der Waals surface area contributed by atoms with Crippen LogP contribution in [0.4, 0.5) is 0 Å². The number of carbonyl (C=O) groups excluding carboxylic acids is 1. The molecular weight excluding hydrogens is 210 g/mol. The predicted octanol–water partition coefficient (Wildman–Crippen LogP) is -0.549. The number of hydrogen-bond acceptors (Lipinski definition) is 4. The van der Waals surface area contributed by atoms with Crippen LogP contribution in [-0.2, 0) is 14.9 Å². The average molecular weight is 225 g/mol. The van der Waals surface area contributed by atoms with E-state index in [1.54, 1.807) is 13.8 Å². The van der Waals surface area contributed by atoms with Crippen LogP contribution in [0.15, 0.2) is 0 Å². The third kappa shape index (κ3) is 4.03. The zero-order valence-electron chi connectivity index (χ0n) is 8.17. The third-order valence-corrected chi connectivity index (χ3v) is 2.66. The van der Waals surface area contributed by atoms with Gasteiger partial charge < -0.3 is 10.0 Å². The second kappa shape index (κ2) is 5.28. The van der Waals surface area contributed by atoms with Crippen molar-refractivity contribution in [2.45, 2.75) is 25.7 Å². The Bertz CT molecular complexity index is 282. The Balaban J connectivity index is 4.33. The number of aliphatic hydroxyl groups excluding tert-OH is 1. The van der Waals surface area contributed by atoms with Crippen molar-refractivity contribution in [3.63, 3.8) is 0 Å². The molecule has 0 radical (unpaired) electrons. The highest BCUT2D eigenvalue weighted by atomic mass is 32.2. The fraction of sp³-hybridized carbons (Fsp3) is 0.857. The summed E-state index contributed by atoms with van der Waals surface area (Å²) in [5.41, 5.74) is -2.03. The molecule has 2 N–H and O–H groups in total. The van der Waals surface area contributed by atoms with Crippen LogP contribution in [0.25, 0.3) is 0 Å². The molecule has 6 nitrogen and oxygen atoms in total. The average Bonchev–Trinajstić information content (AvgIpc) is 2.04. The lowest BCUT2D eigenvalue weighted by Gasteiger charge is -2.19. The van der Waals surface area contributed by atoms with E-state index in [0.717, 1.165) is 0 Å². The van der Waals surface area contributed by atoms with E-state index in [0.29, 0.717) is 13.1 Å². The van der Waals surface area contributed by atoms with Gasteiger partial charge in [-0.3, -0.25) is 9.35 Å². The summed E-state index contributed by atoms with van der Waals surface area (Å²) in [6, 6.07) is 0. The van der Waals surface area contributed by atoms with E-state index in [-0.39, 0.29) is 0 Å². The van der Waals surface area contributed by atoms with Gasteiger partial charge in [0.15, 0.2) is 5.44 Å². The van der Waals surface area contributed by atoms with E-state index in [2.05, 4.69) is 0 Å². The Morgan fingerprint density at radius 3 is 2.07 bits per heavy atom. The number of carbonyl (C=O) groups is 1. The molecule has 7 heteroatoms. The topological polar surface area (TPSA) is 94.9 Å². The molecule has 0 aliphatic carbocycles. The molecule has 0 spiro atoms. The summed E-state index contributed by atoms with van der Waals surface area (Å²) in [4.78, 5) is 12.6. The van der Waals surface area contributed by atoms with E-state index in [1.807, 2.05) is 0 Å². The van der Waals surface area contributed by atoms with Gasteiger partial charge in [-0.25, -0.2) is 0 Å². The molecule has 0 heterocycles. The molecule has 84 valence electrons. The molecule has 0 aromatic carbocycles. The molecule has 0 aromatic heterocycles. The van der Waals surface area contributed by atoms with Gasteiger partial charge in [0.2, 0.25) is 5.91 Å². The van der Waals surface area contributed by atoms with Gasteiger partial charge in [-0.2, -0.15) is 8.42 Å². The van der Waals surface area contributed by atoms with E-state index in [9.17, 15) is 13.2 Å². The summed E-state index contributed by atoms with van der Waals surface area (Å²) in [5, 5.41) is 8.91. The maximum atomic E-state index is 11.3. The minimum Gasteiger partial charge on any atom is -0.375 e. The summed E-state index contributed by atoms with van der Waals surface area (Å²) in [5.74, 6) is -0.500. The summed E-state index contributed by atoms with van der Waals surface area (Å²) >= 11 is 0. The van der Waals surface area contributed by atoms with Crippen molar-refractivity contribution < 1.29 is 22.9 Å². The molecule has 0 bridgehead atoms. The van der Waals surface area contributed by atoms with Crippen LogP contribution in [-0.4, -0.2) is 47.4 Å². The van der Waals surface area contributed by atoms with Gasteiger partial charge in [0.05, 0.1) is 6.42 Å². The molecule has 0 fully saturated rings. The highest BCUT2D eigenvalue weighted by Gasteiger charge is 2.24. The van der Waals surface area contributed by atoms with Crippen molar-refractivity contribution in [1.82, 2.24) is 4.90 Å². The number of rotatable bonds is 5. The minimum atomic E-state index is -4.54. The normalized spacial score (nSPS) is 13.7. The van der Waals surface area contributed by atoms with Crippen molar-refractivity contribution in [3.05, 3.63) is 0 Å². The molecule has 0 saturated carbocycles. The molecule has 1 atom stereocenters. The molecular formula is C7H15NO5S. The minimum absolute atomic E-state index is 0.438. The quantitative estimate of drug-likeness (QED) is 0.612. The number of hydrogen-bond donors (Lipinski definition) is 2. The highest BCUT2D eigenvalue weighted by molar-refractivity contribution is 7.86. The van der Waals surface area contributed by atoms with Crippen LogP contribution in [0.5, 0.6) is 0 Å². The lowest BCUT2D eigenvalue weighted by Crippen LogP contribution is -2.35. The molecule has 1 unspecified atom stereocenters. The Morgan fingerprint density at radius 1 is 1.36 bits per heavy atom. The maximum absolute atomic E-state index is 11.3.